The molecule has 1 unspecified atom stereocenters. The molecular weight excluding hydrogens is 246 g/mol. The molecule has 1 saturated carbocycles. The molecule has 5 nitrogen and oxygen atoms in total. The summed E-state index contributed by atoms with van der Waals surface area (Å²) in [5, 5.41) is 20.8. The number of nitro groups is 1. The number of nitrogens with zero attached hydrogens (tertiary/aromatic N) is 1. The summed E-state index contributed by atoms with van der Waals surface area (Å²) in [6.07, 6.45) is 1.20. The van der Waals surface area contributed by atoms with Crippen molar-refractivity contribution in [3.05, 3.63) is 39.9 Å². The van der Waals surface area contributed by atoms with Gasteiger partial charge in [-0.1, -0.05) is 6.92 Å². The third-order valence-electron chi connectivity index (χ3n) is 3.78. The van der Waals surface area contributed by atoms with Gasteiger partial charge in [0.05, 0.1) is 11.0 Å². The lowest BCUT2D eigenvalue weighted by molar-refractivity contribution is -0.384. The van der Waals surface area contributed by atoms with Crippen LogP contribution in [-0.4, -0.2) is 15.8 Å². The number of non-ortho nitro benzene ring substituents is 1. The van der Waals surface area contributed by atoms with Gasteiger partial charge in [-0.3, -0.25) is 14.9 Å². The number of aliphatic hydroxyl groups is 1. The molecule has 0 spiro atoms. The van der Waals surface area contributed by atoms with Crippen molar-refractivity contribution in [2.45, 2.75) is 32.3 Å². The summed E-state index contributed by atoms with van der Waals surface area (Å²) in [5.74, 6) is 0.129. The Morgan fingerprint density at radius 1 is 1.37 bits per heavy atom. The van der Waals surface area contributed by atoms with Crippen molar-refractivity contribution in [3.63, 3.8) is 0 Å². The number of ketones is 1. The summed E-state index contributed by atoms with van der Waals surface area (Å²) in [6.45, 7) is 2.07. The average molecular weight is 263 g/mol. The molecule has 0 heterocycles. The van der Waals surface area contributed by atoms with Gasteiger partial charge in [0.2, 0.25) is 0 Å². The fraction of sp³-hybridized carbons (Fsp3) is 0.500. The Labute approximate surface area is 111 Å². The molecule has 0 bridgehead atoms. The smallest absolute Gasteiger partial charge is 0.269 e. The first kappa shape index (κ1) is 13.7. The second kappa shape index (κ2) is 5.48. The number of nitro benzene ring substituents is 1. The van der Waals surface area contributed by atoms with E-state index in [1.807, 2.05) is 0 Å². The highest BCUT2D eigenvalue weighted by atomic mass is 16.6. The van der Waals surface area contributed by atoms with Crippen LogP contribution in [0, 0.1) is 22.0 Å². The number of aliphatic hydroxyl groups excluding tert-OH is 1. The fourth-order valence-electron chi connectivity index (χ4n) is 2.59. The van der Waals surface area contributed by atoms with E-state index in [0.717, 1.165) is 6.42 Å². The zero-order chi connectivity index (χ0) is 14.0. The molecule has 5 heteroatoms. The van der Waals surface area contributed by atoms with E-state index in [9.17, 15) is 20.0 Å². The number of hydrogen-bond acceptors (Lipinski definition) is 4. The van der Waals surface area contributed by atoms with Gasteiger partial charge < -0.3 is 5.11 Å². The highest BCUT2D eigenvalue weighted by molar-refractivity contribution is 5.82. The van der Waals surface area contributed by atoms with Crippen LogP contribution in [0.1, 0.15) is 37.9 Å². The van der Waals surface area contributed by atoms with E-state index in [1.54, 1.807) is 0 Å². The molecule has 19 heavy (non-hydrogen) atoms. The van der Waals surface area contributed by atoms with E-state index in [-0.39, 0.29) is 17.4 Å². The quantitative estimate of drug-likeness (QED) is 0.671. The van der Waals surface area contributed by atoms with Gasteiger partial charge in [-0.05, 0) is 36.5 Å². The lowest BCUT2D eigenvalue weighted by Crippen LogP contribution is -2.29. The Kier molecular flexibility index (Phi) is 3.95. The van der Waals surface area contributed by atoms with E-state index < -0.39 is 11.0 Å². The summed E-state index contributed by atoms with van der Waals surface area (Å²) < 4.78 is 0. The van der Waals surface area contributed by atoms with E-state index in [2.05, 4.69) is 6.92 Å². The number of Topliss-reactive ketones (excluding diaryl/α,β-unsaturated/α-hetero) is 1. The monoisotopic (exact) mass is 263 g/mol. The van der Waals surface area contributed by atoms with Crippen LogP contribution in [0.5, 0.6) is 0 Å². The van der Waals surface area contributed by atoms with Gasteiger partial charge in [0.25, 0.3) is 5.69 Å². The van der Waals surface area contributed by atoms with Crippen LogP contribution in [0.15, 0.2) is 24.3 Å². The summed E-state index contributed by atoms with van der Waals surface area (Å²) in [4.78, 5) is 21.9. The van der Waals surface area contributed by atoms with E-state index >= 15 is 0 Å². The standard InChI is InChI=1S/C14H17NO4/c1-9-2-7-13(16)12(8-9)14(17)10-3-5-11(6-4-10)15(18)19/h3-6,9,12,14,17H,2,7-8H2,1H3/t9?,12-,14+/m1/s1. The molecule has 1 aliphatic rings. The van der Waals surface area contributed by atoms with Gasteiger partial charge in [-0.25, -0.2) is 0 Å². The Balaban J connectivity index is 2.16. The SMILES string of the molecule is CC1CCC(=O)[C@H]([C@@H](O)c2ccc([N+](=O)[O-])cc2)C1. The molecule has 0 aliphatic heterocycles. The first-order valence-electron chi connectivity index (χ1n) is 6.44. The highest BCUT2D eigenvalue weighted by Gasteiger charge is 2.32. The lowest BCUT2D eigenvalue weighted by Gasteiger charge is -2.29. The van der Waals surface area contributed by atoms with Crippen molar-refractivity contribution in [3.8, 4) is 0 Å². The van der Waals surface area contributed by atoms with Crippen molar-refractivity contribution < 1.29 is 14.8 Å². The maximum atomic E-state index is 11.9. The zero-order valence-corrected chi connectivity index (χ0v) is 10.8. The Morgan fingerprint density at radius 3 is 2.58 bits per heavy atom. The van der Waals surface area contributed by atoms with E-state index in [0.29, 0.717) is 24.3 Å². The van der Waals surface area contributed by atoms with Crippen LogP contribution >= 0.6 is 0 Å². The first-order chi connectivity index (χ1) is 8.99. The Bertz CT molecular complexity index is 483. The van der Waals surface area contributed by atoms with Crippen molar-refractivity contribution in [1.29, 1.82) is 0 Å². The van der Waals surface area contributed by atoms with Crippen LogP contribution in [-0.2, 0) is 4.79 Å². The summed E-state index contributed by atoms with van der Waals surface area (Å²) in [7, 11) is 0. The van der Waals surface area contributed by atoms with Crippen LogP contribution in [0.2, 0.25) is 0 Å². The molecule has 1 fully saturated rings. The molecule has 1 aromatic carbocycles. The van der Waals surface area contributed by atoms with Crippen LogP contribution in [0.25, 0.3) is 0 Å². The number of carbonyl (C=O) groups is 1. The summed E-state index contributed by atoms with van der Waals surface area (Å²) in [5.41, 5.74) is 0.553. The summed E-state index contributed by atoms with van der Waals surface area (Å²) in [6, 6.07) is 5.76. The maximum absolute atomic E-state index is 11.9. The molecule has 3 atom stereocenters. The minimum atomic E-state index is -0.865. The fourth-order valence-corrected chi connectivity index (χ4v) is 2.59. The van der Waals surface area contributed by atoms with Gasteiger partial charge in [-0.2, -0.15) is 0 Å². The van der Waals surface area contributed by atoms with Gasteiger partial charge in [0.1, 0.15) is 5.78 Å². The van der Waals surface area contributed by atoms with Crippen molar-refractivity contribution in [1.82, 2.24) is 0 Å². The minimum Gasteiger partial charge on any atom is -0.388 e. The van der Waals surface area contributed by atoms with Crippen LogP contribution < -0.4 is 0 Å². The number of rotatable bonds is 3. The zero-order valence-electron chi connectivity index (χ0n) is 10.8. The molecule has 2 rings (SSSR count). The second-order valence-corrected chi connectivity index (χ2v) is 5.25. The number of hydrogen-bond donors (Lipinski definition) is 1. The third kappa shape index (κ3) is 2.98. The average Bonchev–Trinajstić information content (AvgIpc) is 2.41. The van der Waals surface area contributed by atoms with Gasteiger partial charge >= 0.3 is 0 Å². The van der Waals surface area contributed by atoms with Gasteiger partial charge in [0.15, 0.2) is 0 Å². The lowest BCUT2D eigenvalue weighted by atomic mass is 9.77. The Morgan fingerprint density at radius 2 is 2.00 bits per heavy atom. The molecule has 102 valence electrons. The second-order valence-electron chi connectivity index (χ2n) is 5.25. The van der Waals surface area contributed by atoms with Crippen LogP contribution in [0.3, 0.4) is 0 Å². The molecule has 1 N–H and O–H groups in total. The largest absolute Gasteiger partial charge is 0.388 e. The Hall–Kier alpha value is -1.75. The molecule has 1 aliphatic carbocycles. The normalized spacial score (nSPS) is 25.1. The van der Waals surface area contributed by atoms with E-state index in [4.69, 9.17) is 0 Å². The molecule has 0 saturated heterocycles. The maximum Gasteiger partial charge on any atom is 0.269 e. The molecule has 0 aromatic heterocycles. The van der Waals surface area contributed by atoms with Gasteiger partial charge in [0, 0.05) is 24.5 Å². The highest BCUT2D eigenvalue weighted by Crippen LogP contribution is 2.35. The van der Waals surface area contributed by atoms with Crippen molar-refractivity contribution in [2.24, 2.45) is 11.8 Å². The molecule has 1 aromatic rings. The number of benzene rings is 1. The van der Waals surface area contributed by atoms with Gasteiger partial charge in [-0.15, -0.1) is 0 Å². The third-order valence-corrected chi connectivity index (χ3v) is 3.78. The minimum absolute atomic E-state index is 0.0145. The molecule has 0 amide bonds. The molecule has 0 radical (unpaired) electrons. The summed E-state index contributed by atoms with van der Waals surface area (Å²) >= 11 is 0. The topological polar surface area (TPSA) is 80.4 Å². The van der Waals surface area contributed by atoms with Crippen LogP contribution in [0.4, 0.5) is 5.69 Å². The van der Waals surface area contributed by atoms with E-state index in [1.165, 1.54) is 24.3 Å². The number of carbonyl (C=O) groups excluding carboxylic acids is 1. The first-order valence-corrected chi connectivity index (χ1v) is 6.44. The van der Waals surface area contributed by atoms with Crippen molar-refractivity contribution >= 4 is 11.5 Å². The molecular formula is C14H17NO4. The van der Waals surface area contributed by atoms with Crippen molar-refractivity contribution in [2.75, 3.05) is 0 Å². The predicted molar refractivity (Wildman–Crippen MR) is 69.6 cm³/mol. The predicted octanol–water partition coefficient (Wildman–Crippen LogP) is 2.63.